The quantitative estimate of drug-likeness (QED) is 0.407. The van der Waals surface area contributed by atoms with Gasteiger partial charge in [-0.3, -0.25) is 4.99 Å². The molecule has 2 rings (SSSR count). The van der Waals surface area contributed by atoms with Gasteiger partial charge in [0.15, 0.2) is 5.96 Å². The van der Waals surface area contributed by atoms with Gasteiger partial charge in [0, 0.05) is 54.6 Å². The van der Waals surface area contributed by atoms with E-state index in [0.29, 0.717) is 0 Å². The molecule has 0 atom stereocenters. The lowest BCUT2D eigenvalue weighted by Crippen LogP contribution is -2.38. The standard InChI is InChI=1S/C17H27N5S2/c1-4-14-11-21-15(24-14)8-10-20-17(18-5-2)19-9-6-7-16-22-13(3)12-23-16/h11-12H,4-10H2,1-3H3,(H2,18,19,20). The van der Waals surface area contributed by atoms with Crippen LogP contribution in [-0.4, -0.2) is 35.6 Å². The minimum Gasteiger partial charge on any atom is -0.357 e. The topological polar surface area (TPSA) is 62.2 Å². The van der Waals surface area contributed by atoms with E-state index in [0.717, 1.165) is 57.0 Å². The first-order valence-corrected chi connectivity index (χ1v) is 10.3. The van der Waals surface area contributed by atoms with E-state index in [1.807, 2.05) is 13.1 Å². The molecule has 0 unspecified atom stereocenters. The third-order valence-electron chi connectivity index (χ3n) is 3.41. The molecule has 0 saturated heterocycles. The number of guanidine groups is 1. The average molecular weight is 366 g/mol. The molecule has 2 heterocycles. The molecule has 0 fully saturated rings. The molecule has 0 aliphatic rings. The normalized spacial score (nSPS) is 11.7. The molecule has 7 heteroatoms. The summed E-state index contributed by atoms with van der Waals surface area (Å²) in [5.74, 6) is 0.889. The number of aryl methyl sites for hydroxylation is 3. The van der Waals surface area contributed by atoms with Crippen LogP contribution >= 0.6 is 22.7 Å². The van der Waals surface area contributed by atoms with Gasteiger partial charge in [0.25, 0.3) is 0 Å². The molecule has 0 bridgehead atoms. The van der Waals surface area contributed by atoms with E-state index in [1.165, 1.54) is 14.9 Å². The minimum atomic E-state index is 0.811. The Labute approximate surface area is 152 Å². The van der Waals surface area contributed by atoms with Gasteiger partial charge in [-0.05, 0) is 26.7 Å². The van der Waals surface area contributed by atoms with Crippen LogP contribution in [0, 0.1) is 6.92 Å². The molecular weight excluding hydrogens is 338 g/mol. The Morgan fingerprint density at radius 3 is 2.75 bits per heavy atom. The fraction of sp³-hybridized carbons (Fsp3) is 0.588. The predicted octanol–water partition coefficient (Wildman–Crippen LogP) is 3.20. The van der Waals surface area contributed by atoms with Crippen LogP contribution in [0.3, 0.4) is 0 Å². The van der Waals surface area contributed by atoms with Crippen LogP contribution < -0.4 is 10.6 Å². The zero-order valence-corrected chi connectivity index (χ0v) is 16.4. The maximum atomic E-state index is 4.64. The first kappa shape index (κ1) is 18.9. The van der Waals surface area contributed by atoms with Crippen molar-refractivity contribution in [3.63, 3.8) is 0 Å². The Hall–Kier alpha value is -1.47. The number of hydrogen-bond donors (Lipinski definition) is 2. The van der Waals surface area contributed by atoms with Gasteiger partial charge in [0.2, 0.25) is 0 Å². The molecule has 132 valence electrons. The Morgan fingerprint density at radius 2 is 2.08 bits per heavy atom. The van der Waals surface area contributed by atoms with Crippen LogP contribution in [-0.2, 0) is 19.3 Å². The Balaban J connectivity index is 1.71. The van der Waals surface area contributed by atoms with E-state index in [2.05, 4.69) is 44.8 Å². The maximum Gasteiger partial charge on any atom is 0.191 e. The minimum absolute atomic E-state index is 0.811. The SMILES string of the molecule is CCNC(=NCCCc1nc(C)cs1)NCCc1ncc(CC)s1. The highest BCUT2D eigenvalue weighted by Gasteiger charge is 2.02. The number of rotatable bonds is 9. The van der Waals surface area contributed by atoms with Gasteiger partial charge in [0.1, 0.15) is 0 Å². The second-order valence-corrected chi connectivity index (χ2v) is 7.64. The van der Waals surface area contributed by atoms with Crippen LogP contribution in [0.25, 0.3) is 0 Å². The molecule has 5 nitrogen and oxygen atoms in total. The Bertz CT molecular complexity index is 632. The van der Waals surface area contributed by atoms with Crippen molar-refractivity contribution >= 4 is 28.6 Å². The number of aliphatic imine (C=N–C) groups is 1. The number of nitrogens with zero attached hydrogens (tertiary/aromatic N) is 3. The van der Waals surface area contributed by atoms with Crippen LogP contribution in [0.1, 0.15) is 40.9 Å². The third kappa shape index (κ3) is 6.57. The van der Waals surface area contributed by atoms with Crippen LogP contribution in [0.5, 0.6) is 0 Å². The molecule has 24 heavy (non-hydrogen) atoms. The van der Waals surface area contributed by atoms with Gasteiger partial charge in [-0.25, -0.2) is 9.97 Å². The highest BCUT2D eigenvalue weighted by molar-refractivity contribution is 7.11. The van der Waals surface area contributed by atoms with Crippen LogP contribution in [0.4, 0.5) is 0 Å². The summed E-state index contributed by atoms with van der Waals surface area (Å²) >= 11 is 3.54. The van der Waals surface area contributed by atoms with Crippen molar-refractivity contribution in [3.05, 3.63) is 32.2 Å². The largest absolute Gasteiger partial charge is 0.357 e. The predicted molar refractivity (Wildman–Crippen MR) is 104 cm³/mol. The summed E-state index contributed by atoms with van der Waals surface area (Å²) < 4.78 is 0. The monoisotopic (exact) mass is 365 g/mol. The molecule has 0 saturated carbocycles. The highest BCUT2D eigenvalue weighted by atomic mass is 32.1. The first-order valence-electron chi connectivity index (χ1n) is 8.58. The van der Waals surface area contributed by atoms with Crippen molar-refractivity contribution in [2.75, 3.05) is 19.6 Å². The van der Waals surface area contributed by atoms with Crippen molar-refractivity contribution < 1.29 is 0 Å². The number of hydrogen-bond acceptors (Lipinski definition) is 5. The maximum absolute atomic E-state index is 4.64. The summed E-state index contributed by atoms with van der Waals surface area (Å²) in [7, 11) is 0. The van der Waals surface area contributed by atoms with Crippen LogP contribution in [0.15, 0.2) is 16.6 Å². The highest BCUT2D eigenvalue weighted by Crippen LogP contribution is 2.13. The molecule has 0 aromatic carbocycles. The number of thiazole rings is 2. The molecule has 0 aliphatic heterocycles. The lowest BCUT2D eigenvalue weighted by molar-refractivity contribution is 0.773. The summed E-state index contributed by atoms with van der Waals surface area (Å²) in [6, 6.07) is 0. The van der Waals surface area contributed by atoms with Crippen molar-refractivity contribution in [2.45, 2.75) is 46.5 Å². The molecule has 2 aromatic rings. The summed E-state index contributed by atoms with van der Waals surface area (Å²) in [5.41, 5.74) is 1.11. The van der Waals surface area contributed by atoms with Crippen molar-refractivity contribution in [1.82, 2.24) is 20.6 Å². The molecule has 0 aliphatic carbocycles. The Kier molecular flexibility index (Phi) is 8.18. The van der Waals surface area contributed by atoms with Gasteiger partial charge in [-0.1, -0.05) is 6.92 Å². The molecule has 0 radical (unpaired) electrons. The number of aromatic nitrogens is 2. The van der Waals surface area contributed by atoms with Gasteiger partial charge in [-0.15, -0.1) is 22.7 Å². The van der Waals surface area contributed by atoms with E-state index in [-0.39, 0.29) is 0 Å². The third-order valence-corrected chi connectivity index (χ3v) is 5.64. The number of nitrogens with one attached hydrogen (secondary N) is 2. The lowest BCUT2D eigenvalue weighted by Gasteiger charge is -2.10. The molecule has 2 aromatic heterocycles. The van der Waals surface area contributed by atoms with Gasteiger partial charge in [-0.2, -0.15) is 0 Å². The van der Waals surface area contributed by atoms with Gasteiger partial charge in [0.05, 0.1) is 10.0 Å². The van der Waals surface area contributed by atoms with Crippen molar-refractivity contribution in [3.8, 4) is 0 Å². The van der Waals surface area contributed by atoms with Crippen molar-refractivity contribution in [2.24, 2.45) is 4.99 Å². The van der Waals surface area contributed by atoms with Gasteiger partial charge < -0.3 is 10.6 Å². The van der Waals surface area contributed by atoms with E-state index < -0.39 is 0 Å². The first-order chi connectivity index (χ1) is 11.7. The molecule has 2 N–H and O–H groups in total. The second kappa shape index (κ2) is 10.4. The van der Waals surface area contributed by atoms with E-state index in [9.17, 15) is 0 Å². The fourth-order valence-electron chi connectivity index (χ4n) is 2.20. The van der Waals surface area contributed by atoms with Crippen LogP contribution in [0.2, 0.25) is 0 Å². The summed E-state index contributed by atoms with van der Waals surface area (Å²) in [6.07, 6.45) is 6.01. The van der Waals surface area contributed by atoms with Crippen molar-refractivity contribution in [1.29, 1.82) is 0 Å². The van der Waals surface area contributed by atoms with E-state index in [4.69, 9.17) is 0 Å². The van der Waals surface area contributed by atoms with E-state index >= 15 is 0 Å². The van der Waals surface area contributed by atoms with Gasteiger partial charge >= 0.3 is 0 Å². The zero-order valence-electron chi connectivity index (χ0n) is 14.8. The molecule has 0 amide bonds. The summed E-state index contributed by atoms with van der Waals surface area (Å²) in [5, 5.41) is 11.2. The smallest absolute Gasteiger partial charge is 0.191 e. The van der Waals surface area contributed by atoms with E-state index in [1.54, 1.807) is 22.7 Å². The summed E-state index contributed by atoms with van der Waals surface area (Å²) in [6.45, 7) is 8.83. The fourth-order valence-corrected chi connectivity index (χ4v) is 3.88. The summed E-state index contributed by atoms with van der Waals surface area (Å²) in [4.78, 5) is 14.9. The average Bonchev–Trinajstić information content (AvgIpc) is 3.20. The second-order valence-electron chi connectivity index (χ2n) is 5.50. The lowest BCUT2D eigenvalue weighted by atomic mass is 10.3. The Morgan fingerprint density at radius 1 is 1.21 bits per heavy atom. The zero-order chi connectivity index (χ0) is 17.2. The molecule has 0 spiro atoms. The molecular formula is C17H27N5S2.